The minimum atomic E-state index is -0.431. The van der Waals surface area contributed by atoms with E-state index in [1.807, 2.05) is 36.4 Å². The lowest BCUT2D eigenvalue weighted by molar-refractivity contribution is -0.130. The van der Waals surface area contributed by atoms with E-state index in [9.17, 15) is 9.59 Å². The Balaban J connectivity index is 2.17. The minimum Gasteiger partial charge on any atom is -0.330 e. The number of hydrogen-bond acceptors (Lipinski definition) is 2. The number of carbonyl (C=O) groups is 2. The second-order valence-corrected chi connectivity index (χ2v) is 6.21. The molecule has 1 unspecified atom stereocenters. The zero-order chi connectivity index (χ0) is 16.6. The third kappa shape index (κ3) is 2.82. The van der Waals surface area contributed by atoms with Crippen molar-refractivity contribution in [1.29, 1.82) is 0 Å². The van der Waals surface area contributed by atoms with Crippen molar-refractivity contribution in [3.63, 3.8) is 0 Å². The number of imide groups is 1. The van der Waals surface area contributed by atoms with Crippen LogP contribution in [0, 0.1) is 0 Å². The number of amides is 3. The lowest BCUT2D eigenvalue weighted by atomic mass is 9.88. The maximum absolute atomic E-state index is 12.6. The predicted octanol–water partition coefficient (Wildman–Crippen LogP) is 3.50. The second kappa shape index (κ2) is 6.05. The lowest BCUT2D eigenvalue weighted by Gasteiger charge is -2.37. The largest absolute Gasteiger partial charge is 0.330 e. The van der Waals surface area contributed by atoms with Crippen LogP contribution in [-0.4, -0.2) is 35.8 Å². The minimum absolute atomic E-state index is 0.192. The van der Waals surface area contributed by atoms with E-state index in [0.29, 0.717) is 5.02 Å². The molecule has 1 heterocycles. The van der Waals surface area contributed by atoms with Crippen molar-refractivity contribution < 1.29 is 9.59 Å². The molecular formula is C18H17ClN2O2. The van der Waals surface area contributed by atoms with Gasteiger partial charge in [-0.25, -0.2) is 4.79 Å². The first-order valence-corrected chi connectivity index (χ1v) is 7.73. The van der Waals surface area contributed by atoms with Crippen LogP contribution in [0.1, 0.15) is 22.7 Å². The summed E-state index contributed by atoms with van der Waals surface area (Å²) in [6.45, 7) is 0. The quantitative estimate of drug-likeness (QED) is 0.804. The molecule has 0 saturated carbocycles. The highest BCUT2D eigenvalue weighted by atomic mass is 35.5. The van der Waals surface area contributed by atoms with Crippen LogP contribution in [0.25, 0.3) is 0 Å². The van der Waals surface area contributed by atoms with Gasteiger partial charge in [0.1, 0.15) is 0 Å². The van der Waals surface area contributed by atoms with Crippen LogP contribution in [0.15, 0.2) is 48.5 Å². The number of rotatable bonds is 1. The Morgan fingerprint density at radius 1 is 1.13 bits per heavy atom. The average Bonchev–Trinajstić information content (AvgIpc) is 2.53. The molecule has 0 aromatic heterocycles. The molecule has 3 amide bonds. The highest BCUT2D eigenvalue weighted by Gasteiger charge is 2.38. The first-order chi connectivity index (χ1) is 11.0. The van der Waals surface area contributed by atoms with Crippen molar-refractivity contribution in [2.75, 3.05) is 14.1 Å². The van der Waals surface area contributed by atoms with Crippen molar-refractivity contribution in [2.24, 2.45) is 0 Å². The Morgan fingerprint density at radius 3 is 2.43 bits per heavy atom. The molecule has 0 radical (unpaired) electrons. The van der Waals surface area contributed by atoms with Crippen molar-refractivity contribution in [3.05, 3.63) is 70.2 Å². The molecule has 23 heavy (non-hydrogen) atoms. The van der Waals surface area contributed by atoms with E-state index in [4.69, 9.17) is 11.6 Å². The maximum Gasteiger partial charge on any atom is 0.327 e. The smallest absolute Gasteiger partial charge is 0.327 e. The second-order valence-electron chi connectivity index (χ2n) is 5.77. The van der Waals surface area contributed by atoms with Crippen molar-refractivity contribution in [3.8, 4) is 0 Å². The van der Waals surface area contributed by atoms with E-state index in [0.717, 1.165) is 16.7 Å². The summed E-state index contributed by atoms with van der Waals surface area (Å²) < 4.78 is 0. The molecule has 1 aliphatic rings. The number of urea groups is 1. The van der Waals surface area contributed by atoms with Gasteiger partial charge in [-0.1, -0.05) is 48.0 Å². The van der Waals surface area contributed by atoms with E-state index in [-0.39, 0.29) is 18.4 Å². The summed E-state index contributed by atoms with van der Waals surface area (Å²) in [4.78, 5) is 27.9. The normalized spacial score (nSPS) is 16.9. The van der Waals surface area contributed by atoms with Crippen LogP contribution < -0.4 is 0 Å². The van der Waals surface area contributed by atoms with Gasteiger partial charge in [-0.15, -0.1) is 0 Å². The highest BCUT2D eigenvalue weighted by Crippen LogP contribution is 2.36. The number of benzene rings is 2. The third-order valence-corrected chi connectivity index (χ3v) is 4.24. The van der Waals surface area contributed by atoms with Crippen LogP contribution >= 0.6 is 11.6 Å². The molecule has 0 fully saturated rings. The lowest BCUT2D eigenvalue weighted by Crippen LogP contribution is -2.48. The van der Waals surface area contributed by atoms with E-state index in [2.05, 4.69) is 0 Å². The van der Waals surface area contributed by atoms with Crippen molar-refractivity contribution >= 4 is 23.5 Å². The summed E-state index contributed by atoms with van der Waals surface area (Å²) in [5.41, 5.74) is 2.80. The standard InChI is InChI=1S/C18H17ClN2O2/c1-20(2)18(23)21-16(22)11-13-5-3-4-6-15(13)17(21)12-7-9-14(19)10-8-12/h3-10,17H,11H2,1-2H3. The molecule has 1 aliphatic heterocycles. The molecule has 118 valence electrons. The van der Waals surface area contributed by atoms with E-state index < -0.39 is 6.04 Å². The Labute approximate surface area is 140 Å². The molecule has 0 saturated heterocycles. The highest BCUT2D eigenvalue weighted by molar-refractivity contribution is 6.30. The zero-order valence-corrected chi connectivity index (χ0v) is 13.7. The van der Waals surface area contributed by atoms with Crippen molar-refractivity contribution in [1.82, 2.24) is 9.80 Å². The molecular weight excluding hydrogens is 312 g/mol. The molecule has 2 aromatic carbocycles. The third-order valence-electron chi connectivity index (χ3n) is 3.99. The Hall–Kier alpha value is -2.33. The SMILES string of the molecule is CN(C)C(=O)N1C(=O)Cc2ccccc2C1c1ccc(Cl)cc1. The molecule has 4 nitrogen and oxygen atoms in total. The van der Waals surface area contributed by atoms with Crippen LogP contribution in [0.4, 0.5) is 4.79 Å². The molecule has 0 aliphatic carbocycles. The monoisotopic (exact) mass is 328 g/mol. The van der Waals surface area contributed by atoms with Crippen LogP contribution in [0.3, 0.4) is 0 Å². The zero-order valence-electron chi connectivity index (χ0n) is 13.0. The Bertz CT molecular complexity index is 756. The molecule has 0 bridgehead atoms. The summed E-state index contributed by atoms with van der Waals surface area (Å²) in [5.74, 6) is -0.192. The first-order valence-electron chi connectivity index (χ1n) is 7.35. The molecule has 1 atom stereocenters. The number of nitrogens with zero attached hydrogens (tertiary/aromatic N) is 2. The summed E-state index contributed by atoms with van der Waals surface area (Å²) in [6, 6.07) is 14.3. The van der Waals surface area contributed by atoms with Gasteiger partial charge in [0.2, 0.25) is 5.91 Å². The molecule has 2 aromatic rings. The van der Waals surface area contributed by atoms with Gasteiger partial charge >= 0.3 is 6.03 Å². The Kier molecular flexibility index (Phi) is 4.09. The maximum atomic E-state index is 12.6. The summed E-state index contributed by atoms with van der Waals surface area (Å²) in [5, 5.41) is 0.620. The Morgan fingerprint density at radius 2 is 1.78 bits per heavy atom. The van der Waals surface area contributed by atoms with Gasteiger partial charge in [-0.3, -0.25) is 9.69 Å². The van der Waals surface area contributed by atoms with Crippen LogP contribution in [0.5, 0.6) is 0 Å². The number of carbonyl (C=O) groups excluding carboxylic acids is 2. The fraction of sp³-hybridized carbons (Fsp3) is 0.222. The van der Waals surface area contributed by atoms with Gasteiger partial charge in [0.05, 0.1) is 12.5 Å². The summed E-state index contributed by atoms with van der Waals surface area (Å²) >= 11 is 5.97. The molecule has 3 rings (SSSR count). The number of halogens is 1. The van der Waals surface area contributed by atoms with E-state index >= 15 is 0 Å². The van der Waals surface area contributed by atoms with Crippen LogP contribution in [0.2, 0.25) is 5.02 Å². The van der Waals surface area contributed by atoms with Crippen LogP contribution in [-0.2, 0) is 11.2 Å². The van der Waals surface area contributed by atoms with Gasteiger partial charge in [-0.05, 0) is 28.8 Å². The fourth-order valence-corrected chi connectivity index (χ4v) is 3.03. The molecule has 5 heteroatoms. The van der Waals surface area contributed by atoms with Gasteiger partial charge in [0.15, 0.2) is 0 Å². The average molecular weight is 329 g/mol. The summed E-state index contributed by atoms with van der Waals surface area (Å²) in [7, 11) is 3.30. The van der Waals surface area contributed by atoms with Crippen molar-refractivity contribution in [2.45, 2.75) is 12.5 Å². The van der Waals surface area contributed by atoms with Gasteiger partial charge in [0, 0.05) is 19.1 Å². The fourth-order valence-electron chi connectivity index (χ4n) is 2.90. The molecule has 0 spiro atoms. The predicted molar refractivity (Wildman–Crippen MR) is 89.4 cm³/mol. The van der Waals surface area contributed by atoms with Gasteiger partial charge in [0.25, 0.3) is 0 Å². The number of hydrogen-bond donors (Lipinski definition) is 0. The van der Waals surface area contributed by atoms with E-state index in [1.165, 1.54) is 9.80 Å². The summed E-state index contributed by atoms with van der Waals surface area (Å²) in [6.07, 6.45) is 0.236. The van der Waals surface area contributed by atoms with E-state index in [1.54, 1.807) is 26.2 Å². The molecule has 0 N–H and O–H groups in total. The first kappa shape index (κ1) is 15.6. The van der Waals surface area contributed by atoms with Gasteiger partial charge < -0.3 is 4.90 Å². The number of fused-ring (bicyclic) bond motifs is 1. The van der Waals surface area contributed by atoms with Gasteiger partial charge in [-0.2, -0.15) is 0 Å². The topological polar surface area (TPSA) is 40.6 Å².